The van der Waals surface area contributed by atoms with Crippen molar-refractivity contribution in [1.82, 2.24) is 24.8 Å². The van der Waals surface area contributed by atoms with E-state index in [4.69, 9.17) is 0 Å². The summed E-state index contributed by atoms with van der Waals surface area (Å²) in [6, 6.07) is 14.6. The first-order chi connectivity index (χ1) is 13.1. The second-order valence-corrected chi connectivity index (χ2v) is 5.95. The normalized spacial score (nSPS) is 14.4. The van der Waals surface area contributed by atoms with Gasteiger partial charge in [0.1, 0.15) is 12.2 Å². The first kappa shape index (κ1) is 16.6. The smallest absolute Gasteiger partial charge is 0.267 e. The molecule has 0 N–H and O–H groups in total. The standard InChI is InChI=1S/C18H13N5O4/c24-15-13-8-4-5-9-14(13)19-20-23(15)11-22-17(26)16(25)21(18(22)27)10-12-6-2-1-3-7-12/h1-9H,10-11H2. The van der Waals surface area contributed by atoms with E-state index in [1.165, 1.54) is 0 Å². The van der Waals surface area contributed by atoms with E-state index >= 15 is 0 Å². The monoisotopic (exact) mass is 363 g/mol. The predicted molar refractivity (Wildman–Crippen MR) is 93.0 cm³/mol. The Morgan fingerprint density at radius 1 is 0.778 bits per heavy atom. The van der Waals surface area contributed by atoms with Crippen molar-refractivity contribution in [2.75, 3.05) is 0 Å². The van der Waals surface area contributed by atoms with Gasteiger partial charge in [0.15, 0.2) is 0 Å². The van der Waals surface area contributed by atoms with Crippen LogP contribution in [-0.4, -0.2) is 42.6 Å². The van der Waals surface area contributed by atoms with Gasteiger partial charge in [0.2, 0.25) is 0 Å². The van der Waals surface area contributed by atoms with Gasteiger partial charge in [0, 0.05) is 0 Å². The molecule has 1 aromatic heterocycles. The molecule has 134 valence electrons. The van der Waals surface area contributed by atoms with Crippen LogP contribution in [0, 0.1) is 0 Å². The zero-order chi connectivity index (χ0) is 19.0. The van der Waals surface area contributed by atoms with E-state index in [1.54, 1.807) is 54.6 Å². The number of carbonyl (C=O) groups is 3. The van der Waals surface area contributed by atoms with Crippen LogP contribution in [0.3, 0.4) is 0 Å². The van der Waals surface area contributed by atoms with Crippen molar-refractivity contribution in [3.63, 3.8) is 0 Å². The zero-order valence-electron chi connectivity index (χ0n) is 14.0. The molecule has 0 bridgehead atoms. The van der Waals surface area contributed by atoms with Gasteiger partial charge < -0.3 is 0 Å². The molecule has 9 heteroatoms. The number of imide groups is 2. The van der Waals surface area contributed by atoms with Crippen molar-refractivity contribution in [3.8, 4) is 0 Å². The van der Waals surface area contributed by atoms with Gasteiger partial charge in [-0.1, -0.05) is 47.7 Å². The molecule has 1 saturated heterocycles. The SMILES string of the molecule is O=C1C(=O)N(Cn2nnc3ccccc3c2=O)C(=O)N1Cc1ccccc1. The number of hydrogen-bond acceptors (Lipinski definition) is 6. The van der Waals surface area contributed by atoms with Gasteiger partial charge in [-0.15, -0.1) is 5.10 Å². The Bertz CT molecular complexity index is 1130. The number of benzene rings is 2. The average molecular weight is 363 g/mol. The number of carbonyl (C=O) groups excluding carboxylic acids is 3. The molecule has 0 spiro atoms. The largest absolute Gasteiger partial charge is 0.336 e. The molecule has 27 heavy (non-hydrogen) atoms. The lowest BCUT2D eigenvalue weighted by Gasteiger charge is -2.15. The van der Waals surface area contributed by atoms with E-state index in [0.29, 0.717) is 21.4 Å². The fourth-order valence-electron chi connectivity index (χ4n) is 2.83. The molecule has 4 rings (SSSR count). The van der Waals surface area contributed by atoms with E-state index in [0.717, 1.165) is 9.58 Å². The highest BCUT2D eigenvalue weighted by molar-refractivity contribution is 6.44. The fraction of sp³-hybridized carbons (Fsp3) is 0.111. The predicted octanol–water partition coefficient (Wildman–Crippen LogP) is 0.740. The summed E-state index contributed by atoms with van der Waals surface area (Å²) in [5, 5.41) is 7.96. The van der Waals surface area contributed by atoms with Crippen molar-refractivity contribution >= 4 is 28.7 Å². The minimum atomic E-state index is -1.00. The van der Waals surface area contributed by atoms with Crippen LogP contribution in [0.25, 0.3) is 10.9 Å². The Kier molecular flexibility index (Phi) is 3.96. The highest BCUT2D eigenvalue weighted by Crippen LogP contribution is 2.16. The molecule has 3 aromatic rings. The van der Waals surface area contributed by atoms with E-state index in [1.807, 2.05) is 0 Å². The van der Waals surface area contributed by atoms with Crippen molar-refractivity contribution in [2.45, 2.75) is 13.2 Å². The van der Waals surface area contributed by atoms with Crippen LogP contribution in [0.2, 0.25) is 0 Å². The molecule has 0 atom stereocenters. The molecule has 1 aliphatic rings. The summed E-state index contributed by atoms with van der Waals surface area (Å²) < 4.78 is 0.886. The number of hydrogen-bond donors (Lipinski definition) is 0. The minimum Gasteiger partial charge on any atom is -0.267 e. The Morgan fingerprint density at radius 2 is 1.44 bits per heavy atom. The molecule has 2 aromatic carbocycles. The summed E-state index contributed by atoms with van der Waals surface area (Å²) in [6.45, 7) is -0.510. The van der Waals surface area contributed by atoms with Gasteiger partial charge in [0.05, 0.1) is 11.9 Å². The molecular weight excluding hydrogens is 350 g/mol. The highest BCUT2D eigenvalue weighted by Gasteiger charge is 2.44. The maximum absolute atomic E-state index is 12.6. The highest BCUT2D eigenvalue weighted by atomic mass is 16.2. The fourth-order valence-corrected chi connectivity index (χ4v) is 2.83. The van der Waals surface area contributed by atoms with Crippen LogP contribution in [0.1, 0.15) is 5.56 Å². The Labute approximate surface area is 152 Å². The molecule has 1 fully saturated rings. The van der Waals surface area contributed by atoms with Gasteiger partial charge in [-0.25, -0.2) is 9.69 Å². The first-order valence-corrected chi connectivity index (χ1v) is 8.10. The summed E-state index contributed by atoms with van der Waals surface area (Å²) in [7, 11) is 0. The van der Waals surface area contributed by atoms with Crippen LogP contribution in [0.15, 0.2) is 59.4 Å². The summed E-state index contributed by atoms with van der Waals surface area (Å²) in [6.07, 6.45) is 0. The summed E-state index contributed by atoms with van der Waals surface area (Å²) in [4.78, 5) is 51.0. The second kappa shape index (κ2) is 6.45. The molecular formula is C18H13N5O4. The van der Waals surface area contributed by atoms with Gasteiger partial charge in [-0.3, -0.25) is 19.3 Å². The van der Waals surface area contributed by atoms with E-state index in [9.17, 15) is 19.2 Å². The molecule has 9 nitrogen and oxygen atoms in total. The lowest BCUT2D eigenvalue weighted by molar-refractivity contribution is -0.144. The van der Waals surface area contributed by atoms with Crippen molar-refractivity contribution < 1.29 is 14.4 Å². The number of fused-ring (bicyclic) bond motifs is 1. The third-order valence-electron chi connectivity index (χ3n) is 4.22. The van der Waals surface area contributed by atoms with Gasteiger partial charge in [0.25, 0.3) is 5.56 Å². The van der Waals surface area contributed by atoms with E-state index in [2.05, 4.69) is 10.3 Å². The summed E-state index contributed by atoms with van der Waals surface area (Å²) in [5.74, 6) is -1.94. The topological polar surface area (TPSA) is 105 Å². The lowest BCUT2D eigenvalue weighted by Crippen LogP contribution is -2.39. The number of amides is 4. The summed E-state index contributed by atoms with van der Waals surface area (Å²) in [5.41, 5.74) is 0.603. The Morgan fingerprint density at radius 3 is 2.22 bits per heavy atom. The molecule has 0 saturated carbocycles. The molecule has 1 aliphatic heterocycles. The molecule has 4 amide bonds. The third-order valence-corrected chi connectivity index (χ3v) is 4.22. The Hall–Kier alpha value is -3.88. The quantitative estimate of drug-likeness (QED) is 0.500. The zero-order valence-corrected chi connectivity index (χ0v) is 14.0. The van der Waals surface area contributed by atoms with Crippen molar-refractivity contribution in [1.29, 1.82) is 0 Å². The number of aromatic nitrogens is 3. The molecule has 0 aliphatic carbocycles. The van der Waals surface area contributed by atoms with Crippen molar-refractivity contribution in [2.24, 2.45) is 0 Å². The third kappa shape index (κ3) is 2.84. The van der Waals surface area contributed by atoms with Gasteiger partial charge in [-0.2, -0.15) is 4.68 Å². The van der Waals surface area contributed by atoms with Gasteiger partial charge in [-0.05, 0) is 17.7 Å². The lowest BCUT2D eigenvalue weighted by atomic mass is 10.2. The van der Waals surface area contributed by atoms with Crippen LogP contribution in [0.5, 0.6) is 0 Å². The van der Waals surface area contributed by atoms with E-state index < -0.39 is 30.1 Å². The maximum atomic E-state index is 12.6. The second-order valence-electron chi connectivity index (χ2n) is 5.95. The number of nitrogens with zero attached hydrogens (tertiary/aromatic N) is 5. The molecule has 0 radical (unpaired) electrons. The van der Waals surface area contributed by atoms with E-state index in [-0.39, 0.29) is 6.54 Å². The maximum Gasteiger partial charge on any atom is 0.336 e. The van der Waals surface area contributed by atoms with Crippen LogP contribution in [-0.2, 0) is 22.8 Å². The van der Waals surface area contributed by atoms with Gasteiger partial charge >= 0.3 is 17.8 Å². The molecule has 2 heterocycles. The number of urea groups is 1. The molecule has 0 unspecified atom stereocenters. The first-order valence-electron chi connectivity index (χ1n) is 8.10. The van der Waals surface area contributed by atoms with Crippen LogP contribution < -0.4 is 5.56 Å². The van der Waals surface area contributed by atoms with Crippen LogP contribution >= 0.6 is 0 Å². The minimum absolute atomic E-state index is 0.0287. The number of rotatable bonds is 4. The van der Waals surface area contributed by atoms with Crippen LogP contribution in [0.4, 0.5) is 4.79 Å². The van der Waals surface area contributed by atoms with Crippen molar-refractivity contribution in [3.05, 3.63) is 70.5 Å². The summed E-state index contributed by atoms with van der Waals surface area (Å²) >= 11 is 0. The Balaban J connectivity index is 1.62. The average Bonchev–Trinajstić information content (AvgIpc) is 2.89.